The van der Waals surface area contributed by atoms with E-state index in [0.29, 0.717) is 18.0 Å². The second kappa shape index (κ2) is 6.09. The minimum Gasteiger partial charge on any atom is -0.349 e. The standard InChI is InChI=1S/C19H28N2O3S/c1-5-20-25(23,24)15-8-6-7-13(11-15)17(22)21-16-12-14-9-10-19(16,4)18(14,2)3/h6-8,11,14,16,20H,5,9-10,12H2,1-4H3,(H,21,22). The summed E-state index contributed by atoms with van der Waals surface area (Å²) < 4.78 is 26.8. The van der Waals surface area contributed by atoms with Crippen molar-refractivity contribution in [2.45, 2.75) is 57.9 Å². The second-order valence-electron chi connectivity index (χ2n) is 8.17. The van der Waals surface area contributed by atoms with Crippen LogP contribution in [0.2, 0.25) is 0 Å². The third kappa shape index (κ3) is 2.89. The van der Waals surface area contributed by atoms with Crippen LogP contribution in [0.1, 0.15) is 57.3 Å². The predicted octanol–water partition coefficient (Wildman–Crippen LogP) is 2.93. The average molecular weight is 365 g/mol. The van der Waals surface area contributed by atoms with Gasteiger partial charge in [-0.2, -0.15) is 0 Å². The summed E-state index contributed by atoms with van der Waals surface area (Å²) >= 11 is 0. The smallest absolute Gasteiger partial charge is 0.251 e. The molecule has 3 atom stereocenters. The maximum absolute atomic E-state index is 12.7. The van der Waals surface area contributed by atoms with Gasteiger partial charge in [-0.1, -0.05) is 33.8 Å². The number of hydrogen-bond donors (Lipinski definition) is 2. The molecule has 2 bridgehead atoms. The van der Waals surface area contributed by atoms with Crippen LogP contribution < -0.4 is 10.0 Å². The zero-order valence-corrected chi connectivity index (χ0v) is 16.2. The van der Waals surface area contributed by atoms with Crippen molar-refractivity contribution in [2.24, 2.45) is 16.7 Å². The minimum absolute atomic E-state index is 0.0980. The second-order valence-corrected chi connectivity index (χ2v) is 9.93. The molecular formula is C19H28N2O3S. The molecular weight excluding hydrogens is 336 g/mol. The van der Waals surface area contributed by atoms with Crippen LogP contribution in [-0.4, -0.2) is 26.9 Å². The molecule has 6 heteroatoms. The first-order valence-electron chi connectivity index (χ1n) is 9.02. The van der Waals surface area contributed by atoms with Gasteiger partial charge in [0.1, 0.15) is 0 Å². The lowest BCUT2D eigenvalue weighted by Gasteiger charge is -2.39. The molecule has 138 valence electrons. The van der Waals surface area contributed by atoms with Crippen molar-refractivity contribution in [1.29, 1.82) is 0 Å². The quantitative estimate of drug-likeness (QED) is 0.843. The molecule has 2 N–H and O–H groups in total. The van der Waals surface area contributed by atoms with Crippen LogP contribution in [0.3, 0.4) is 0 Å². The predicted molar refractivity (Wildman–Crippen MR) is 97.8 cm³/mol. The molecule has 2 aliphatic rings. The van der Waals surface area contributed by atoms with Gasteiger partial charge in [-0.25, -0.2) is 13.1 Å². The Hall–Kier alpha value is -1.40. The van der Waals surface area contributed by atoms with Crippen LogP contribution >= 0.6 is 0 Å². The molecule has 2 saturated carbocycles. The maximum Gasteiger partial charge on any atom is 0.251 e. The van der Waals surface area contributed by atoms with E-state index in [1.54, 1.807) is 19.1 Å². The minimum atomic E-state index is -3.56. The van der Waals surface area contributed by atoms with Crippen molar-refractivity contribution in [1.82, 2.24) is 10.0 Å². The van der Waals surface area contributed by atoms with E-state index in [1.807, 2.05) is 0 Å². The number of rotatable bonds is 5. The van der Waals surface area contributed by atoms with E-state index in [2.05, 4.69) is 30.8 Å². The molecule has 5 nitrogen and oxygen atoms in total. The fourth-order valence-corrected chi connectivity index (χ4v) is 5.83. The van der Waals surface area contributed by atoms with Crippen molar-refractivity contribution in [3.8, 4) is 0 Å². The monoisotopic (exact) mass is 364 g/mol. The lowest BCUT2D eigenvalue weighted by Crippen LogP contribution is -2.46. The van der Waals surface area contributed by atoms with Crippen LogP contribution in [0, 0.1) is 16.7 Å². The highest BCUT2D eigenvalue weighted by Crippen LogP contribution is 2.65. The molecule has 0 spiro atoms. The number of carbonyl (C=O) groups excluding carboxylic acids is 1. The number of carbonyl (C=O) groups is 1. The zero-order chi connectivity index (χ0) is 18.5. The number of benzene rings is 1. The van der Waals surface area contributed by atoms with Crippen molar-refractivity contribution >= 4 is 15.9 Å². The van der Waals surface area contributed by atoms with Crippen molar-refractivity contribution in [2.75, 3.05) is 6.54 Å². The Bertz CT molecular complexity index is 788. The van der Waals surface area contributed by atoms with Crippen LogP contribution in [0.25, 0.3) is 0 Å². The van der Waals surface area contributed by atoms with Gasteiger partial charge in [-0.15, -0.1) is 0 Å². The lowest BCUT2D eigenvalue weighted by atomic mass is 9.69. The molecule has 1 aromatic rings. The van der Waals surface area contributed by atoms with Gasteiger partial charge in [-0.3, -0.25) is 4.79 Å². The van der Waals surface area contributed by atoms with Gasteiger partial charge >= 0.3 is 0 Å². The molecule has 3 unspecified atom stereocenters. The molecule has 2 aliphatic carbocycles. The van der Waals surface area contributed by atoms with Crippen molar-refractivity contribution in [3.63, 3.8) is 0 Å². The number of nitrogens with one attached hydrogen (secondary N) is 2. The largest absolute Gasteiger partial charge is 0.349 e. The summed E-state index contributed by atoms with van der Waals surface area (Å²) in [5.74, 6) is 0.450. The fourth-order valence-electron chi connectivity index (χ4n) is 4.74. The highest BCUT2D eigenvalue weighted by atomic mass is 32.2. The van der Waals surface area contributed by atoms with Gasteiger partial charge in [0.25, 0.3) is 5.91 Å². The summed E-state index contributed by atoms with van der Waals surface area (Å²) in [5.41, 5.74) is 0.713. The third-order valence-corrected chi connectivity index (χ3v) is 8.38. The first-order valence-corrected chi connectivity index (χ1v) is 10.5. The third-order valence-electron chi connectivity index (χ3n) is 6.84. The molecule has 0 aromatic heterocycles. The van der Waals surface area contributed by atoms with E-state index < -0.39 is 10.0 Å². The van der Waals surface area contributed by atoms with Crippen molar-refractivity contribution < 1.29 is 13.2 Å². The first kappa shape index (κ1) is 18.4. The van der Waals surface area contributed by atoms with E-state index in [4.69, 9.17) is 0 Å². The highest BCUT2D eigenvalue weighted by Gasteiger charge is 2.61. The Labute approximate surface area is 150 Å². The fraction of sp³-hybridized carbons (Fsp3) is 0.632. The van der Waals surface area contributed by atoms with E-state index in [-0.39, 0.29) is 27.7 Å². The summed E-state index contributed by atoms with van der Waals surface area (Å²) in [4.78, 5) is 12.9. The number of fused-ring (bicyclic) bond motifs is 2. The van der Waals surface area contributed by atoms with Gasteiger partial charge in [0.2, 0.25) is 10.0 Å². The van der Waals surface area contributed by atoms with Gasteiger partial charge < -0.3 is 5.32 Å². The molecule has 0 aliphatic heterocycles. The van der Waals surface area contributed by atoms with Gasteiger partial charge in [-0.05, 0) is 54.2 Å². The number of amides is 1. The Balaban J connectivity index is 1.79. The summed E-state index contributed by atoms with van der Waals surface area (Å²) in [6, 6.07) is 6.39. The Morgan fingerprint density at radius 2 is 2.00 bits per heavy atom. The SMILES string of the molecule is CCNS(=O)(=O)c1cccc(C(=O)NC2CC3CCC2(C)C3(C)C)c1. The van der Waals surface area contributed by atoms with Gasteiger partial charge in [0.15, 0.2) is 0 Å². The van der Waals surface area contributed by atoms with E-state index in [9.17, 15) is 13.2 Å². The lowest BCUT2D eigenvalue weighted by molar-refractivity contribution is 0.0826. The molecule has 1 amide bonds. The number of hydrogen-bond acceptors (Lipinski definition) is 3. The van der Waals surface area contributed by atoms with Crippen LogP contribution in [0.15, 0.2) is 29.2 Å². The van der Waals surface area contributed by atoms with Crippen molar-refractivity contribution in [3.05, 3.63) is 29.8 Å². The van der Waals surface area contributed by atoms with E-state index in [0.717, 1.165) is 12.8 Å². The van der Waals surface area contributed by atoms with Crippen LogP contribution in [-0.2, 0) is 10.0 Å². The first-order chi connectivity index (χ1) is 11.6. The molecule has 0 heterocycles. The molecule has 1 aromatic carbocycles. The summed E-state index contributed by atoms with van der Waals surface area (Å²) in [6.07, 6.45) is 3.36. The highest BCUT2D eigenvalue weighted by molar-refractivity contribution is 7.89. The zero-order valence-electron chi connectivity index (χ0n) is 15.4. The molecule has 0 radical (unpaired) electrons. The van der Waals surface area contributed by atoms with Crippen LogP contribution in [0.5, 0.6) is 0 Å². The molecule has 25 heavy (non-hydrogen) atoms. The Morgan fingerprint density at radius 1 is 1.28 bits per heavy atom. The topological polar surface area (TPSA) is 75.3 Å². The normalized spacial score (nSPS) is 30.4. The van der Waals surface area contributed by atoms with E-state index >= 15 is 0 Å². The average Bonchev–Trinajstić information content (AvgIpc) is 2.88. The maximum atomic E-state index is 12.7. The van der Waals surface area contributed by atoms with E-state index in [1.165, 1.54) is 18.6 Å². The number of sulfonamides is 1. The summed E-state index contributed by atoms with van der Waals surface area (Å²) in [5, 5.41) is 3.18. The molecule has 2 fully saturated rings. The summed E-state index contributed by atoms with van der Waals surface area (Å²) in [7, 11) is -3.56. The van der Waals surface area contributed by atoms with Gasteiger partial charge in [0.05, 0.1) is 4.90 Å². The Morgan fingerprint density at radius 3 is 2.56 bits per heavy atom. The Kier molecular flexibility index (Phi) is 4.48. The molecule has 3 rings (SSSR count). The van der Waals surface area contributed by atoms with Crippen LogP contribution in [0.4, 0.5) is 0 Å². The summed E-state index contributed by atoms with van der Waals surface area (Å²) in [6.45, 7) is 8.93. The molecule has 0 saturated heterocycles. The van der Waals surface area contributed by atoms with Gasteiger partial charge in [0, 0.05) is 18.2 Å².